The van der Waals surface area contributed by atoms with E-state index in [0.29, 0.717) is 17.1 Å². The van der Waals surface area contributed by atoms with Gasteiger partial charge < -0.3 is 10.6 Å². The van der Waals surface area contributed by atoms with E-state index in [4.69, 9.17) is 11.6 Å². The van der Waals surface area contributed by atoms with Gasteiger partial charge >= 0.3 is 6.03 Å². The first-order valence-corrected chi connectivity index (χ1v) is 9.57. The minimum atomic E-state index is -1.07. The van der Waals surface area contributed by atoms with Crippen molar-refractivity contribution in [1.82, 2.24) is 10.2 Å². The predicted octanol–water partition coefficient (Wildman–Crippen LogP) is 3.37. The highest BCUT2D eigenvalue weighted by molar-refractivity contribution is 6.31. The molecule has 2 aromatic rings. The number of hydrogen-bond acceptors (Lipinski definition) is 3. The maximum atomic E-state index is 13.2. The van der Waals surface area contributed by atoms with E-state index in [1.807, 2.05) is 31.2 Å². The van der Waals surface area contributed by atoms with E-state index in [2.05, 4.69) is 10.6 Å². The number of benzene rings is 2. The molecule has 144 valence electrons. The quantitative estimate of drug-likeness (QED) is 0.779. The molecule has 1 saturated heterocycles. The molecule has 0 bridgehead atoms. The van der Waals surface area contributed by atoms with Gasteiger partial charge in [-0.1, -0.05) is 41.9 Å². The Bertz CT molecular complexity index is 991. The van der Waals surface area contributed by atoms with Crippen LogP contribution in [0.15, 0.2) is 42.5 Å². The number of imide groups is 1. The van der Waals surface area contributed by atoms with Crippen LogP contribution in [-0.2, 0) is 21.5 Å². The molecule has 4 amide bonds. The van der Waals surface area contributed by atoms with E-state index >= 15 is 0 Å². The Labute approximate surface area is 167 Å². The van der Waals surface area contributed by atoms with Crippen molar-refractivity contribution in [3.63, 3.8) is 0 Å². The van der Waals surface area contributed by atoms with Crippen LogP contribution in [-0.4, -0.2) is 29.3 Å². The number of urea groups is 1. The van der Waals surface area contributed by atoms with Gasteiger partial charge in [-0.2, -0.15) is 0 Å². The first kappa shape index (κ1) is 18.5. The fourth-order valence-electron chi connectivity index (χ4n) is 3.97. The Hall–Kier alpha value is -2.86. The SMILES string of the molecule is Cc1ccc(NC(=O)CN2C(=O)N[C@@]3(CCCc4ccccc43)C2=O)cc1Cl. The van der Waals surface area contributed by atoms with Crippen molar-refractivity contribution >= 4 is 35.1 Å². The fraction of sp³-hybridized carbons (Fsp3) is 0.286. The monoisotopic (exact) mass is 397 g/mol. The summed E-state index contributed by atoms with van der Waals surface area (Å²) in [5, 5.41) is 6.07. The Morgan fingerprint density at radius 1 is 1.25 bits per heavy atom. The third-order valence-corrected chi connectivity index (χ3v) is 5.82. The minimum absolute atomic E-state index is 0.347. The number of anilines is 1. The first-order chi connectivity index (χ1) is 13.4. The van der Waals surface area contributed by atoms with Gasteiger partial charge in [-0.05, 0) is 55.0 Å². The van der Waals surface area contributed by atoms with Gasteiger partial charge in [0.25, 0.3) is 5.91 Å². The van der Waals surface area contributed by atoms with Gasteiger partial charge in [0.1, 0.15) is 12.1 Å². The third-order valence-electron chi connectivity index (χ3n) is 5.41. The number of halogens is 1. The molecule has 0 saturated carbocycles. The van der Waals surface area contributed by atoms with Gasteiger partial charge in [0, 0.05) is 10.7 Å². The number of hydrogen-bond donors (Lipinski definition) is 2. The van der Waals surface area contributed by atoms with Crippen LogP contribution in [0.5, 0.6) is 0 Å². The molecule has 1 spiro atoms. The van der Waals surface area contributed by atoms with Crippen molar-refractivity contribution in [3.05, 3.63) is 64.2 Å². The van der Waals surface area contributed by atoms with Crippen molar-refractivity contribution in [1.29, 1.82) is 0 Å². The van der Waals surface area contributed by atoms with Crippen molar-refractivity contribution < 1.29 is 14.4 Å². The second-order valence-corrected chi connectivity index (χ2v) is 7.66. The molecule has 1 heterocycles. The molecule has 1 aliphatic heterocycles. The molecule has 2 aliphatic rings. The van der Waals surface area contributed by atoms with Crippen LogP contribution < -0.4 is 10.6 Å². The second-order valence-electron chi connectivity index (χ2n) is 7.25. The van der Waals surface area contributed by atoms with Gasteiger partial charge in [0.2, 0.25) is 5.91 Å². The van der Waals surface area contributed by atoms with Gasteiger partial charge in [-0.15, -0.1) is 0 Å². The van der Waals surface area contributed by atoms with Gasteiger partial charge in [0.15, 0.2) is 0 Å². The molecule has 28 heavy (non-hydrogen) atoms. The van der Waals surface area contributed by atoms with Crippen molar-refractivity contribution in [2.75, 3.05) is 11.9 Å². The summed E-state index contributed by atoms with van der Waals surface area (Å²) in [5.41, 5.74) is 2.23. The number of nitrogens with one attached hydrogen (secondary N) is 2. The molecule has 0 unspecified atom stereocenters. The van der Waals surface area contributed by atoms with E-state index < -0.39 is 17.5 Å². The van der Waals surface area contributed by atoms with Crippen LogP contribution in [0.1, 0.15) is 29.5 Å². The van der Waals surface area contributed by atoms with Gasteiger partial charge in [-0.25, -0.2) is 4.79 Å². The normalized spacial score (nSPS) is 20.9. The number of amides is 4. The van der Waals surface area contributed by atoms with Crippen LogP contribution >= 0.6 is 11.6 Å². The predicted molar refractivity (Wildman–Crippen MR) is 106 cm³/mol. The van der Waals surface area contributed by atoms with Crippen LogP contribution in [0.4, 0.5) is 10.5 Å². The Morgan fingerprint density at radius 2 is 2.04 bits per heavy atom. The highest BCUT2D eigenvalue weighted by atomic mass is 35.5. The van der Waals surface area contributed by atoms with Crippen LogP contribution in [0, 0.1) is 6.92 Å². The van der Waals surface area contributed by atoms with Crippen molar-refractivity contribution in [2.24, 2.45) is 0 Å². The summed E-state index contributed by atoms with van der Waals surface area (Å²) in [6.45, 7) is 1.52. The Kier molecular flexibility index (Phi) is 4.59. The zero-order valence-electron chi connectivity index (χ0n) is 15.4. The maximum Gasteiger partial charge on any atom is 0.325 e. The van der Waals surface area contributed by atoms with E-state index in [-0.39, 0.29) is 12.5 Å². The summed E-state index contributed by atoms with van der Waals surface area (Å²) in [5.74, 6) is -0.827. The maximum absolute atomic E-state index is 13.2. The summed E-state index contributed by atoms with van der Waals surface area (Å²) >= 11 is 6.08. The highest BCUT2D eigenvalue weighted by Gasteiger charge is 2.54. The zero-order chi connectivity index (χ0) is 19.9. The molecule has 2 aromatic carbocycles. The minimum Gasteiger partial charge on any atom is -0.324 e. The summed E-state index contributed by atoms with van der Waals surface area (Å²) in [6, 6.07) is 12.3. The van der Waals surface area contributed by atoms with Crippen LogP contribution in [0.25, 0.3) is 0 Å². The number of fused-ring (bicyclic) bond motifs is 2. The molecule has 1 fully saturated rings. The molecule has 4 rings (SSSR count). The topological polar surface area (TPSA) is 78.5 Å². The van der Waals surface area contributed by atoms with Crippen molar-refractivity contribution in [3.8, 4) is 0 Å². The number of aryl methyl sites for hydroxylation is 2. The first-order valence-electron chi connectivity index (χ1n) is 9.19. The van der Waals surface area contributed by atoms with Gasteiger partial charge in [-0.3, -0.25) is 14.5 Å². The summed E-state index contributed by atoms with van der Waals surface area (Å²) in [6.07, 6.45) is 2.20. The third kappa shape index (κ3) is 3.03. The smallest absolute Gasteiger partial charge is 0.324 e. The highest BCUT2D eigenvalue weighted by Crippen LogP contribution is 2.39. The largest absolute Gasteiger partial charge is 0.325 e. The lowest BCUT2D eigenvalue weighted by molar-refractivity contribution is -0.134. The van der Waals surface area contributed by atoms with Crippen LogP contribution in [0.3, 0.4) is 0 Å². The number of rotatable bonds is 3. The molecular weight excluding hydrogens is 378 g/mol. The molecule has 0 radical (unpaired) electrons. The lowest BCUT2D eigenvalue weighted by Crippen LogP contribution is -2.47. The zero-order valence-corrected chi connectivity index (χ0v) is 16.2. The number of carbonyl (C=O) groups excluding carboxylic acids is 3. The average Bonchev–Trinajstić information content (AvgIpc) is 2.90. The molecule has 0 aromatic heterocycles. The van der Waals surface area contributed by atoms with E-state index in [1.54, 1.807) is 18.2 Å². The van der Waals surface area contributed by atoms with E-state index in [9.17, 15) is 14.4 Å². The Balaban J connectivity index is 1.54. The summed E-state index contributed by atoms with van der Waals surface area (Å²) < 4.78 is 0. The lowest BCUT2D eigenvalue weighted by atomic mass is 9.76. The molecular formula is C21H20ClN3O3. The molecule has 1 atom stereocenters. The number of nitrogens with zero attached hydrogens (tertiary/aromatic N) is 1. The number of carbonyl (C=O) groups is 3. The van der Waals surface area contributed by atoms with E-state index in [0.717, 1.165) is 34.4 Å². The molecule has 1 aliphatic carbocycles. The van der Waals surface area contributed by atoms with Gasteiger partial charge in [0.05, 0.1) is 0 Å². The van der Waals surface area contributed by atoms with Crippen LogP contribution in [0.2, 0.25) is 5.02 Å². The molecule has 7 heteroatoms. The summed E-state index contributed by atoms with van der Waals surface area (Å²) in [7, 11) is 0. The standard InChI is InChI=1S/C21H20ClN3O3/c1-13-8-9-15(11-17(13)22)23-18(26)12-25-19(27)21(24-20(25)28)10-4-6-14-5-2-3-7-16(14)21/h2-3,5,7-9,11H,4,6,10,12H2,1H3,(H,23,26)(H,24,28)/t21-/m1/s1. The fourth-order valence-corrected chi connectivity index (χ4v) is 4.15. The summed E-state index contributed by atoms with van der Waals surface area (Å²) in [4.78, 5) is 39.2. The van der Waals surface area contributed by atoms with E-state index in [1.165, 1.54) is 0 Å². The molecule has 6 nitrogen and oxygen atoms in total. The Morgan fingerprint density at radius 3 is 2.82 bits per heavy atom. The lowest BCUT2D eigenvalue weighted by Gasteiger charge is -2.33. The van der Waals surface area contributed by atoms with Crippen molar-refractivity contribution in [2.45, 2.75) is 31.7 Å². The average molecular weight is 398 g/mol. The second kappa shape index (κ2) is 6.95. The molecule has 2 N–H and O–H groups in total.